The topological polar surface area (TPSA) is 12.0 Å². The summed E-state index contributed by atoms with van der Waals surface area (Å²) in [6.07, 6.45) is 0. The van der Waals surface area contributed by atoms with E-state index >= 15 is 0 Å². The molecule has 0 amide bonds. The molecule has 64 valence electrons. The van der Waals surface area contributed by atoms with Crippen molar-refractivity contribution in [2.24, 2.45) is 5.92 Å². The van der Waals surface area contributed by atoms with Gasteiger partial charge in [-0.1, -0.05) is 32.0 Å². The largest absolute Gasteiger partial charge is 0.384 e. The van der Waals surface area contributed by atoms with Crippen LogP contribution in [-0.2, 0) is 0 Å². The number of nitrogens with one attached hydrogen (secondary N) is 1. The Labute approximate surface area is 73.8 Å². The number of fused-ring (bicyclic) bond motifs is 1. The number of rotatable bonds is 1. The molecule has 0 saturated heterocycles. The molecule has 1 aromatic rings. The van der Waals surface area contributed by atoms with E-state index in [-0.39, 0.29) is 0 Å². The third-order valence-corrected chi connectivity index (χ3v) is 2.68. The third kappa shape index (κ3) is 1.09. The Morgan fingerprint density at radius 1 is 1.33 bits per heavy atom. The lowest BCUT2D eigenvalue weighted by Crippen LogP contribution is -2.08. The highest BCUT2D eigenvalue weighted by molar-refractivity contribution is 5.57. The van der Waals surface area contributed by atoms with Crippen LogP contribution in [0.4, 0.5) is 5.69 Å². The maximum absolute atomic E-state index is 3.43. The van der Waals surface area contributed by atoms with Gasteiger partial charge in [0, 0.05) is 18.2 Å². The molecular weight excluding hydrogens is 146 g/mol. The Kier molecular flexibility index (Phi) is 1.80. The van der Waals surface area contributed by atoms with Gasteiger partial charge in [-0.2, -0.15) is 0 Å². The van der Waals surface area contributed by atoms with Crippen LogP contribution >= 0.6 is 0 Å². The van der Waals surface area contributed by atoms with Crippen molar-refractivity contribution in [2.75, 3.05) is 11.9 Å². The van der Waals surface area contributed by atoms with Crippen LogP contribution in [0.15, 0.2) is 24.3 Å². The van der Waals surface area contributed by atoms with Crippen molar-refractivity contribution in [3.63, 3.8) is 0 Å². The van der Waals surface area contributed by atoms with E-state index in [4.69, 9.17) is 0 Å². The molecule has 0 unspecified atom stereocenters. The molecule has 1 aliphatic heterocycles. The number of benzene rings is 1. The van der Waals surface area contributed by atoms with Crippen LogP contribution in [0.3, 0.4) is 0 Å². The number of hydrogen-bond acceptors (Lipinski definition) is 1. The number of hydrogen-bond donors (Lipinski definition) is 1. The van der Waals surface area contributed by atoms with E-state index in [1.54, 1.807) is 0 Å². The SMILES string of the molecule is CC(C)[C@@H]1CNc2ccccc21. The molecule has 12 heavy (non-hydrogen) atoms. The molecule has 1 N–H and O–H groups in total. The van der Waals surface area contributed by atoms with E-state index in [9.17, 15) is 0 Å². The second-order valence-corrected chi connectivity index (χ2v) is 3.82. The molecule has 0 bridgehead atoms. The zero-order valence-electron chi connectivity index (χ0n) is 7.67. The van der Waals surface area contributed by atoms with Crippen molar-refractivity contribution in [3.05, 3.63) is 29.8 Å². The summed E-state index contributed by atoms with van der Waals surface area (Å²) in [6.45, 7) is 5.68. The van der Waals surface area contributed by atoms with Crippen molar-refractivity contribution in [2.45, 2.75) is 19.8 Å². The highest BCUT2D eigenvalue weighted by atomic mass is 14.9. The van der Waals surface area contributed by atoms with Gasteiger partial charge in [-0.15, -0.1) is 0 Å². The van der Waals surface area contributed by atoms with Gasteiger partial charge >= 0.3 is 0 Å². The van der Waals surface area contributed by atoms with Crippen LogP contribution < -0.4 is 5.32 Å². The van der Waals surface area contributed by atoms with E-state index in [1.807, 2.05) is 0 Å². The summed E-state index contributed by atoms with van der Waals surface area (Å²) in [4.78, 5) is 0. The first-order chi connectivity index (χ1) is 5.79. The van der Waals surface area contributed by atoms with Gasteiger partial charge in [0.1, 0.15) is 0 Å². The van der Waals surface area contributed by atoms with Gasteiger partial charge in [0.05, 0.1) is 0 Å². The van der Waals surface area contributed by atoms with E-state index in [0.29, 0.717) is 5.92 Å². The maximum Gasteiger partial charge on any atom is 0.0376 e. The van der Waals surface area contributed by atoms with Crippen molar-refractivity contribution < 1.29 is 0 Å². The number of para-hydroxylation sites is 1. The molecule has 1 heterocycles. The second kappa shape index (κ2) is 2.81. The molecule has 0 aromatic heterocycles. The van der Waals surface area contributed by atoms with Crippen molar-refractivity contribution in [1.82, 2.24) is 0 Å². The van der Waals surface area contributed by atoms with Gasteiger partial charge in [-0.3, -0.25) is 0 Å². The zero-order chi connectivity index (χ0) is 8.55. The van der Waals surface area contributed by atoms with Crippen molar-refractivity contribution in [3.8, 4) is 0 Å². The zero-order valence-corrected chi connectivity index (χ0v) is 7.67. The highest BCUT2D eigenvalue weighted by Gasteiger charge is 2.23. The van der Waals surface area contributed by atoms with Crippen LogP contribution in [0.5, 0.6) is 0 Å². The lowest BCUT2D eigenvalue weighted by molar-refractivity contribution is 0.533. The summed E-state index contributed by atoms with van der Waals surface area (Å²) < 4.78 is 0. The first kappa shape index (κ1) is 7.66. The minimum atomic E-state index is 0.709. The first-order valence-corrected chi connectivity index (χ1v) is 4.62. The average molecular weight is 161 g/mol. The van der Waals surface area contributed by atoms with Crippen LogP contribution in [0.2, 0.25) is 0 Å². The molecular formula is C11H15N. The lowest BCUT2D eigenvalue weighted by Gasteiger charge is -2.13. The van der Waals surface area contributed by atoms with E-state index in [0.717, 1.165) is 12.5 Å². The first-order valence-electron chi connectivity index (χ1n) is 4.62. The maximum atomic E-state index is 3.43. The standard InChI is InChI=1S/C11H15N/c1-8(2)10-7-12-11-6-4-3-5-9(10)11/h3-6,8,10,12H,7H2,1-2H3/t10-/m0/s1. The lowest BCUT2D eigenvalue weighted by atomic mass is 9.90. The third-order valence-electron chi connectivity index (χ3n) is 2.68. The molecule has 0 fully saturated rings. The summed E-state index contributed by atoms with van der Waals surface area (Å²) in [7, 11) is 0. The normalized spacial score (nSPS) is 20.8. The minimum Gasteiger partial charge on any atom is -0.384 e. The van der Waals surface area contributed by atoms with Crippen LogP contribution in [-0.4, -0.2) is 6.54 Å². The molecule has 1 nitrogen and oxygen atoms in total. The average Bonchev–Trinajstić information content (AvgIpc) is 2.47. The van der Waals surface area contributed by atoms with Gasteiger partial charge in [0.2, 0.25) is 0 Å². The summed E-state index contributed by atoms with van der Waals surface area (Å²) in [5, 5.41) is 3.43. The van der Waals surface area contributed by atoms with Crippen LogP contribution in [0.1, 0.15) is 25.3 Å². The van der Waals surface area contributed by atoms with Crippen molar-refractivity contribution >= 4 is 5.69 Å². The number of anilines is 1. The predicted molar refractivity (Wildman–Crippen MR) is 52.5 cm³/mol. The van der Waals surface area contributed by atoms with E-state index in [1.165, 1.54) is 11.3 Å². The Morgan fingerprint density at radius 2 is 2.08 bits per heavy atom. The fourth-order valence-electron chi connectivity index (χ4n) is 1.91. The Bertz CT molecular complexity index is 278. The molecule has 1 aromatic carbocycles. The summed E-state index contributed by atoms with van der Waals surface area (Å²) in [5.74, 6) is 1.45. The predicted octanol–water partition coefficient (Wildman–Crippen LogP) is 2.85. The van der Waals surface area contributed by atoms with Gasteiger partial charge in [-0.05, 0) is 17.5 Å². The Morgan fingerprint density at radius 3 is 2.83 bits per heavy atom. The monoisotopic (exact) mass is 161 g/mol. The molecule has 0 radical (unpaired) electrons. The fourth-order valence-corrected chi connectivity index (χ4v) is 1.91. The smallest absolute Gasteiger partial charge is 0.0376 e. The van der Waals surface area contributed by atoms with Crippen LogP contribution in [0.25, 0.3) is 0 Å². The van der Waals surface area contributed by atoms with Crippen LogP contribution in [0, 0.1) is 5.92 Å². The molecule has 1 aliphatic rings. The molecule has 1 atom stereocenters. The van der Waals surface area contributed by atoms with Crippen molar-refractivity contribution in [1.29, 1.82) is 0 Å². The van der Waals surface area contributed by atoms with Gasteiger partial charge < -0.3 is 5.32 Å². The molecule has 0 aliphatic carbocycles. The Hall–Kier alpha value is -0.980. The molecule has 0 saturated carbocycles. The Balaban J connectivity index is 2.36. The van der Waals surface area contributed by atoms with Gasteiger partial charge in [0.25, 0.3) is 0 Å². The van der Waals surface area contributed by atoms with E-state index in [2.05, 4.69) is 43.4 Å². The van der Waals surface area contributed by atoms with Gasteiger partial charge in [0.15, 0.2) is 0 Å². The second-order valence-electron chi connectivity index (χ2n) is 3.82. The molecule has 0 spiro atoms. The summed E-state index contributed by atoms with van der Waals surface area (Å²) >= 11 is 0. The minimum absolute atomic E-state index is 0.709. The fraction of sp³-hybridized carbons (Fsp3) is 0.455. The van der Waals surface area contributed by atoms with Gasteiger partial charge in [-0.25, -0.2) is 0 Å². The molecule has 1 heteroatoms. The summed E-state index contributed by atoms with van der Waals surface area (Å²) in [6, 6.07) is 8.62. The summed E-state index contributed by atoms with van der Waals surface area (Å²) in [5.41, 5.74) is 2.82. The highest BCUT2D eigenvalue weighted by Crippen LogP contribution is 2.35. The molecule has 2 rings (SSSR count). The quantitative estimate of drug-likeness (QED) is 0.667. The van der Waals surface area contributed by atoms with E-state index < -0.39 is 0 Å².